The van der Waals surface area contributed by atoms with Gasteiger partial charge in [-0.15, -0.1) is 0 Å². The van der Waals surface area contributed by atoms with E-state index in [1.165, 1.54) is 4.57 Å². The Hall–Kier alpha value is -3.13. The molecule has 1 aromatic heterocycles. The van der Waals surface area contributed by atoms with Gasteiger partial charge >= 0.3 is 0 Å². The van der Waals surface area contributed by atoms with Gasteiger partial charge in [0.25, 0.3) is 5.91 Å². The molecule has 0 amide bonds. The predicted octanol–water partition coefficient (Wildman–Crippen LogP) is 3.85. The Bertz CT molecular complexity index is 1100. The lowest BCUT2D eigenvalue weighted by atomic mass is 9.99. The number of nitrogens with zero attached hydrogens (tertiary/aromatic N) is 2. The van der Waals surface area contributed by atoms with Crippen molar-refractivity contribution in [3.8, 4) is 28.6 Å². The van der Waals surface area contributed by atoms with Crippen LogP contribution in [0.25, 0.3) is 11.4 Å². The molecule has 2 aromatic carbocycles. The number of carbonyl (C=O) groups excluding carboxylic acids is 1. The fourth-order valence-electron chi connectivity index (χ4n) is 2.99. The highest BCUT2D eigenvalue weighted by Crippen LogP contribution is 2.34. The third-order valence-corrected chi connectivity index (χ3v) is 4.68. The topological polar surface area (TPSA) is 89.4 Å². The Morgan fingerprint density at radius 3 is 2.78 bits per heavy atom. The monoisotopic (exact) mass is 383 g/mol. The van der Waals surface area contributed by atoms with E-state index in [1.807, 2.05) is 19.9 Å². The number of rotatable bonds is 3. The number of phenolic OH excluding ortho intramolecular Hbond substituents is 1. The molecule has 2 N–H and O–H groups in total. The van der Waals surface area contributed by atoms with Crippen molar-refractivity contribution in [2.75, 3.05) is 6.79 Å². The van der Waals surface area contributed by atoms with Gasteiger partial charge in [0.1, 0.15) is 5.75 Å². The molecule has 0 radical (unpaired) electrons. The van der Waals surface area contributed by atoms with Crippen LogP contribution in [-0.4, -0.2) is 32.6 Å². The third-order valence-electron chi connectivity index (χ3n) is 4.40. The van der Waals surface area contributed by atoms with Crippen LogP contribution in [0.1, 0.15) is 35.7 Å². The molecule has 138 valence electrons. The van der Waals surface area contributed by atoms with Crippen LogP contribution in [0.3, 0.4) is 0 Å². The highest BCUT2D eigenvalue weighted by Gasteiger charge is 2.21. The van der Waals surface area contributed by atoms with E-state index in [0.29, 0.717) is 28.5 Å². The van der Waals surface area contributed by atoms with E-state index in [2.05, 4.69) is 10.2 Å². The summed E-state index contributed by atoms with van der Waals surface area (Å²) in [4.78, 5) is 13.1. The van der Waals surface area contributed by atoms with Crippen molar-refractivity contribution in [1.29, 1.82) is 0 Å². The minimum Gasteiger partial charge on any atom is -0.508 e. The number of aromatic hydroxyl groups is 1. The second-order valence-electron chi connectivity index (χ2n) is 6.49. The van der Waals surface area contributed by atoms with E-state index >= 15 is 0 Å². The number of hydrogen-bond donors (Lipinski definition) is 2. The summed E-state index contributed by atoms with van der Waals surface area (Å²) < 4.78 is 12.2. The number of benzene rings is 2. The maximum absolute atomic E-state index is 13.1. The number of H-pyrrole nitrogens is 1. The zero-order valence-electron chi connectivity index (χ0n) is 14.7. The van der Waals surface area contributed by atoms with Gasteiger partial charge in [0.2, 0.25) is 11.6 Å². The summed E-state index contributed by atoms with van der Waals surface area (Å²) in [7, 11) is 0. The number of hydrogen-bond acceptors (Lipinski definition) is 6. The smallest absolute Gasteiger partial charge is 0.266 e. The molecular formula is C19H17N3O4S. The summed E-state index contributed by atoms with van der Waals surface area (Å²) in [6.07, 6.45) is 0. The average molecular weight is 383 g/mol. The lowest BCUT2D eigenvalue weighted by Gasteiger charge is -2.11. The number of aromatic amines is 1. The van der Waals surface area contributed by atoms with Crippen LogP contribution in [0.5, 0.6) is 17.2 Å². The molecule has 0 unspecified atom stereocenters. The van der Waals surface area contributed by atoms with Crippen LogP contribution in [0.15, 0.2) is 36.4 Å². The minimum atomic E-state index is -0.332. The van der Waals surface area contributed by atoms with E-state index in [4.69, 9.17) is 21.7 Å². The molecule has 3 aromatic rings. The molecule has 0 fully saturated rings. The second kappa shape index (κ2) is 6.55. The molecule has 0 aliphatic carbocycles. The first-order chi connectivity index (χ1) is 13.0. The molecule has 0 saturated carbocycles. The van der Waals surface area contributed by atoms with Gasteiger partial charge in [-0.05, 0) is 60.1 Å². The van der Waals surface area contributed by atoms with Crippen LogP contribution in [0.2, 0.25) is 0 Å². The first-order valence-electron chi connectivity index (χ1n) is 8.40. The number of carbonyl (C=O) groups is 1. The molecule has 0 spiro atoms. The lowest BCUT2D eigenvalue weighted by Crippen LogP contribution is -2.14. The SMILES string of the molecule is CC(C)c1cc(-c2n[nH]c(=S)n2C(=O)c2ccc3c(c2)OCO3)ccc1O. The van der Waals surface area contributed by atoms with Gasteiger partial charge in [-0.2, -0.15) is 5.10 Å². The molecule has 4 rings (SSSR count). The lowest BCUT2D eigenvalue weighted by molar-refractivity contribution is 0.0959. The van der Waals surface area contributed by atoms with E-state index in [1.54, 1.807) is 30.3 Å². The van der Waals surface area contributed by atoms with Crippen LogP contribution in [-0.2, 0) is 0 Å². The normalized spacial score (nSPS) is 12.6. The Morgan fingerprint density at radius 1 is 1.22 bits per heavy atom. The van der Waals surface area contributed by atoms with Gasteiger partial charge in [-0.3, -0.25) is 9.89 Å². The summed E-state index contributed by atoms with van der Waals surface area (Å²) in [5, 5.41) is 17.0. The van der Waals surface area contributed by atoms with Crippen molar-refractivity contribution in [2.24, 2.45) is 0 Å². The van der Waals surface area contributed by atoms with E-state index in [9.17, 15) is 9.90 Å². The maximum Gasteiger partial charge on any atom is 0.266 e. The van der Waals surface area contributed by atoms with Crippen LogP contribution in [0, 0.1) is 4.77 Å². The summed E-state index contributed by atoms with van der Waals surface area (Å²) in [6.45, 7) is 4.09. The zero-order chi connectivity index (χ0) is 19.1. The molecule has 7 nitrogen and oxygen atoms in total. The summed E-state index contributed by atoms with van der Waals surface area (Å²) in [5.74, 6) is 1.49. The Balaban J connectivity index is 1.80. The maximum atomic E-state index is 13.1. The zero-order valence-corrected chi connectivity index (χ0v) is 15.5. The van der Waals surface area contributed by atoms with Crippen molar-refractivity contribution < 1.29 is 19.4 Å². The molecule has 0 atom stereocenters. The Morgan fingerprint density at radius 2 is 2.00 bits per heavy atom. The van der Waals surface area contributed by atoms with Crippen molar-refractivity contribution in [3.63, 3.8) is 0 Å². The van der Waals surface area contributed by atoms with Gasteiger partial charge in [0, 0.05) is 11.1 Å². The predicted molar refractivity (Wildman–Crippen MR) is 101 cm³/mol. The quantitative estimate of drug-likeness (QED) is 0.668. The van der Waals surface area contributed by atoms with E-state index < -0.39 is 0 Å². The second-order valence-corrected chi connectivity index (χ2v) is 6.88. The van der Waals surface area contributed by atoms with Gasteiger partial charge in [0.15, 0.2) is 17.3 Å². The number of fused-ring (bicyclic) bond motifs is 1. The molecule has 1 aliphatic heterocycles. The number of ether oxygens (including phenoxy) is 2. The molecule has 8 heteroatoms. The van der Waals surface area contributed by atoms with Crippen molar-refractivity contribution in [2.45, 2.75) is 19.8 Å². The Kier molecular flexibility index (Phi) is 4.19. The molecule has 2 heterocycles. The number of aromatic nitrogens is 3. The fourth-order valence-corrected chi connectivity index (χ4v) is 3.21. The number of nitrogens with one attached hydrogen (secondary N) is 1. The van der Waals surface area contributed by atoms with Gasteiger partial charge in [-0.1, -0.05) is 13.8 Å². The van der Waals surface area contributed by atoms with Gasteiger partial charge in [-0.25, -0.2) is 4.57 Å². The minimum absolute atomic E-state index is 0.116. The number of phenols is 1. The van der Waals surface area contributed by atoms with Crippen molar-refractivity contribution in [3.05, 3.63) is 52.3 Å². The molecule has 0 bridgehead atoms. The summed E-state index contributed by atoms with van der Waals surface area (Å²) >= 11 is 5.28. The largest absolute Gasteiger partial charge is 0.508 e. The first kappa shape index (κ1) is 17.3. The summed E-state index contributed by atoms with van der Waals surface area (Å²) in [5.41, 5.74) is 1.85. The Labute approximate surface area is 160 Å². The van der Waals surface area contributed by atoms with Crippen molar-refractivity contribution in [1.82, 2.24) is 14.8 Å². The van der Waals surface area contributed by atoms with Crippen LogP contribution >= 0.6 is 12.2 Å². The first-order valence-corrected chi connectivity index (χ1v) is 8.81. The third kappa shape index (κ3) is 2.97. The van der Waals surface area contributed by atoms with Crippen molar-refractivity contribution >= 4 is 18.1 Å². The molecular weight excluding hydrogens is 366 g/mol. The molecule has 1 aliphatic rings. The van der Waals surface area contributed by atoms with E-state index in [-0.39, 0.29) is 29.1 Å². The van der Waals surface area contributed by atoms with Crippen LogP contribution < -0.4 is 9.47 Å². The van der Waals surface area contributed by atoms with E-state index in [0.717, 1.165) is 5.56 Å². The van der Waals surface area contributed by atoms with Crippen LogP contribution in [0.4, 0.5) is 0 Å². The van der Waals surface area contributed by atoms with Gasteiger partial charge in [0.05, 0.1) is 0 Å². The standard InChI is InChI=1S/C19H17N3O4S/c1-10(2)13-7-11(3-5-14(13)23)17-20-21-19(27)22(17)18(24)12-4-6-15-16(8-12)26-9-25-15/h3-8,10,23H,9H2,1-2H3,(H,21,27). The fraction of sp³-hybridized carbons (Fsp3) is 0.211. The molecule has 0 saturated heterocycles. The van der Waals surface area contributed by atoms with Gasteiger partial charge < -0.3 is 14.6 Å². The highest BCUT2D eigenvalue weighted by molar-refractivity contribution is 7.71. The highest BCUT2D eigenvalue weighted by atomic mass is 32.1. The molecule has 27 heavy (non-hydrogen) atoms. The summed E-state index contributed by atoms with van der Waals surface area (Å²) in [6, 6.07) is 10.1. The average Bonchev–Trinajstić information content (AvgIpc) is 3.27.